The minimum absolute atomic E-state index is 0.148. The molecule has 0 spiro atoms. The Morgan fingerprint density at radius 1 is 0.348 bits per heavy atom. The van der Waals surface area contributed by atoms with Crippen molar-refractivity contribution >= 4 is 49.6 Å². The predicted molar refractivity (Wildman–Crippen MR) is 292 cm³/mol. The molecule has 2 nitrogen and oxygen atoms in total. The van der Waals surface area contributed by atoms with Crippen LogP contribution in [0.3, 0.4) is 0 Å². The van der Waals surface area contributed by atoms with E-state index in [0.717, 1.165) is 22.7 Å². The van der Waals surface area contributed by atoms with Crippen LogP contribution in [-0.4, -0.2) is 4.57 Å². The van der Waals surface area contributed by atoms with Gasteiger partial charge in [0.15, 0.2) is 0 Å². The fraction of sp³-hybridized carbons (Fsp3) is 0.0448. The molecule has 1 aliphatic rings. The third-order valence-electron chi connectivity index (χ3n) is 14.6. The van der Waals surface area contributed by atoms with Crippen molar-refractivity contribution in [2.24, 2.45) is 0 Å². The maximum Gasteiger partial charge on any atom is 0.0541 e. The first-order valence-electron chi connectivity index (χ1n) is 24.0. The first kappa shape index (κ1) is 40.5. The molecular formula is C67H48N2. The molecule has 0 bridgehead atoms. The van der Waals surface area contributed by atoms with Gasteiger partial charge in [-0.05, 0) is 133 Å². The SMILES string of the molecule is CC1(C)c2ccccc2-c2cccc(-c3cccc(N(c4ccc(-c5ccc6c(c5)c5ccccc5n6-c5ccccc5)cc4)c4ccccc4-c4cccc5cccc(-c6ccccc6)c45)c3)c21. The number of hydrogen-bond donors (Lipinski definition) is 0. The first-order chi connectivity index (χ1) is 34.0. The summed E-state index contributed by atoms with van der Waals surface area (Å²) < 4.78 is 2.38. The number of hydrogen-bond acceptors (Lipinski definition) is 1. The molecule has 0 N–H and O–H groups in total. The standard InChI is InChI=1S/C67H48N2/c1-67(2)61-34-12-9-27-55(61)59-33-18-31-54(66(59)67)49-23-15-26-52(43-49)68(62-35-13-10-28-56(62)58-32-17-22-47-21-16-30-53(65(47)58)46-19-5-3-6-20-46)51-40-37-45(38-41-51)48-39-42-64-60(44-48)57-29-11-14-36-63(57)69(64)50-24-7-4-8-25-50/h3-44H,1-2H3. The number of nitrogens with zero attached hydrogens (tertiary/aromatic N) is 2. The van der Waals surface area contributed by atoms with E-state index in [1.54, 1.807) is 0 Å². The van der Waals surface area contributed by atoms with Gasteiger partial charge in [-0.3, -0.25) is 0 Å². The molecule has 0 saturated carbocycles. The van der Waals surface area contributed by atoms with Crippen LogP contribution >= 0.6 is 0 Å². The summed E-state index contributed by atoms with van der Waals surface area (Å²) in [7, 11) is 0. The maximum absolute atomic E-state index is 2.46. The van der Waals surface area contributed by atoms with E-state index in [2.05, 4.69) is 278 Å². The molecule has 1 aromatic heterocycles. The van der Waals surface area contributed by atoms with Crippen LogP contribution < -0.4 is 4.90 Å². The van der Waals surface area contributed by atoms with Crippen LogP contribution in [0.5, 0.6) is 0 Å². The first-order valence-corrected chi connectivity index (χ1v) is 24.0. The summed E-state index contributed by atoms with van der Waals surface area (Å²) in [4.78, 5) is 2.46. The van der Waals surface area contributed by atoms with Crippen molar-refractivity contribution in [3.63, 3.8) is 0 Å². The third-order valence-corrected chi connectivity index (χ3v) is 14.6. The van der Waals surface area contributed by atoms with Gasteiger partial charge in [0, 0.05) is 38.8 Å². The highest BCUT2D eigenvalue weighted by Crippen LogP contribution is 2.53. The summed E-state index contributed by atoms with van der Waals surface area (Å²) >= 11 is 0. The lowest BCUT2D eigenvalue weighted by molar-refractivity contribution is 0.662. The number of fused-ring (bicyclic) bond motifs is 7. The molecule has 13 rings (SSSR count). The molecular weight excluding hydrogens is 833 g/mol. The summed E-state index contributed by atoms with van der Waals surface area (Å²) in [6.07, 6.45) is 0. The summed E-state index contributed by atoms with van der Waals surface area (Å²) in [6, 6.07) is 93.6. The Balaban J connectivity index is 0.984. The predicted octanol–water partition coefficient (Wildman–Crippen LogP) is 18.4. The van der Waals surface area contributed by atoms with Gasteiger partial charge in [0.05, 0.1) is 16.7 Å². The normalized spacial score (nSPS) is 12.6. The molecule has 326 valence electrons. The summed E-state index contributed by atoms with van der Waals surface area (Å²) in [5, 5.41) is 4.95. The van der Waals surface area contributed by atoms with E-state index in [-0.39, 0.29) is 5.41 Å². The van der Waals surface area contributed by atoms with Crippen LogP contribution in [0.2, 0.25) is 0 Å². The highest BCUT2D eigenvalue weighted by molar-refractivity contribution is 6.11. The Hall–Kier alpha value is -8.72. The molecule has 2 heteroatoms. The number of anilines is 3. The van der Waals surface area contributed by atoms with Crippen molar-refractivity contribution in [3.8, 4) is 61.3 Å². The quantitative estimate of drug-likeness (QED) is 0.148. The highest BCUT2D eigenvalue weighted by atomic mass is 15.1. The molecule has 0 unspecified atom stereocenters. The summed E-state index contributed by atoms with van der Waals surface area (Å²) in [5.41, 5.74) is 21.7. The van der Waals surface area contributed by atoms with Crippen LogP contribution in [0.15, 0.2) is 255 Å². The Morgan fingerprint density at radius 2 is 0.942 bits per heavy atom. The Labute approximate surface area is 403 Å². The Kier molecular flexibility index (Phi) is 9.55. The van der Waals surface area contributed by atoms with Crippen LogP contribution in [0, 0.1) is 0 Å². The molecule has 0 atom stereocenters. The van der Waals surface area contributed by atoms with E-state index in [1.165, 1.54) is 99.3 Å². The van der Waals surface area contributed by atoms with Gasteiger partial charge in [-0.2, -0.15) is 0 Å². The topological polar surface area (TPSA) is 8.17 Å². The number of rotatable bonds is 8. The second-order valence-corrected chi connectivity index (χ2v) is 18.8. The van der Waals surface area contributed by atoms with E-state index >= 15 is 0 Å². The van der Waals surface area contributed by atoms with E-state index < -0.39 is 0 Å². The molecule has 1 heterocycles. The molecule has 0 radical (unpaired) electrons. The summed E-state index contributed by atoms with van der Waals surface area (Å²) in [5.74, 6) is 0. The fourth-order valence-corrected chi connectivity index (χ4v) is 11.5. The van der Waals surface area contributed by atoms with Gasteiger partial charge in [-0.15, -0.1) is 0 Å². The van der Waals surface area contributed by atoms with E-state index in [4.69, 9.17) is 0 Å². The van der Waals surface area contributed by atoms with Crippen LogP contribution in [0.25, 0.3) is 93.9 Å². The molecule has 0 saturated heterocycles. The monoisotopic (exact) mass is 880 g/mol. The zero-order valence-electron chi connectivity index (χ0n) is 38.6. The third kappa shape index (κ3) is 6.63. The van der Waals surface area contributed by atoms with Crippen molar-refractivity contribution in [1.29, 1.82) is 0 Å². The lowest BCUT2D eigenvalue weighted by atomic mass is 9.79. The van der Waals surface area contributed by atoms with Crippen molar-refractivity contribution < 1.29 is 0 Å². The number of para-hydroxylation sites is 3. The van der Waals surface area contributed by atoms with Crippen LogP contribution in [0.4, 0.5) is 17.1 Å². The van der Waals surface area contributed by atoms with Gasteiger partial charge >= 0.3 is 0 Å². The second-order valence-electron chi connectivity index (χ2n) is 18.8. The Morgan fingerprint density at radius 3 is 1.77 bits per heavy atom. The summed E-state index contributed by atoms with van der Waals surface area (Å²) in [6.45, 7) is 4.75. The van der Waals surface area contributed by atoms with Crippen molar-refractivity contribution in [2.75, 3.05) is 4.90 Å². The van der Waals surface area contributed by atoms with E-state index in [0.29, 0.717) is 0 Å². The molecule has 11 aromatic carbocycles. The van der Waals surface area contributed by atoms with Crippen LogP contribution in [0.1, 0.15) is 25.0 Å². The fourth-order valence-electron chi connectivity index (χ4n) is 11.5. The van der Waals surface area contributed by atoms with Gasteiger partial charge in [-0.25, -0.2) is 0 Å². The molecule has 0 fully saturated rings. The second kappa shape index (κ2) is 16.3. The van der Waals surface area contributed by atoms with Crippen molar-refractivity contribution in [3.05, 3.63) is 266 Å². The van der Waals surface area contributed by atoms with Crippen molar-refractivity contribution in [1.82, 2.24) is 4.57 Å². The molecule has 0 amide bonds. The van der Waals surface area contributed by atoms with Gasteiger partial charge in [0.25, 0.3) is 0 Å². The largest absolute Gasteiger partial charge is 0.310 e. The lowest BCUT2D eigenvalue weighted by Crippen LogP contribution is -2.16. The van der Waals surface area contributed by atoms with Gasteiger partial charge in [0.1, 0.15) is 0 Å². The molecule has 1 aliphatic carbocycles. The molecule has 0 aliphatic heterocycles. The van der Waals surface area contributed by atoms with Gasteiger partial charge in [0.2, 0.25) is 0 Å². The van der Waals surface area contributed by atoms with Gasteiger partial charge < -0.3 is 9.47 Å². The van der Waals surface area contributed by atoms with Crippen LogP contribution in [-0.2, 0) is 5.41 Å². The van der Waals surface area contributed by atoms with Crippen molar-refractivity contribution in [2.45, 2.75) is 19.3 Å². The Bertz CT molecular complexity index is 3910. The maximum atomic E-state index is 2.46. The zero-order chi connectivity index (χ0) is 46.1. The average Bonchev–Trinajstić information content (AvgIpc) is 3.87. The zero-order valence-corrected chi connectivity index (χ0v) is 38.6. The number of benzene rings is 11. The van der Waals surface area contributed by atoms with Gasteiger partial charge in [-0.1, -0.05) is 208 Å². The minimum atomic E-state index is -0.148. The number of aromatic nitrogens is 1. The lowest BCUT2D eigenvalue weighted by Gasteiger charge is -2.29. The highest BCUT2D eigenvalue weighted by Gasteiger charge is 2.37. The molecule has 69 heavy (non-hydrogen) atoms. The smallest absolute Gasteiger partial charge is 0.0541 e. The van der Waals surface area contributed by atoms with E-state index in [9.17, 15) is 0 Å². The van der Waals surface area contributed by atoms with E-state index in [1.807, 2.05) is 0 Å². The molecule has 12 aromatic rings. The average molecular weight is 881 g/mol. The minimum Gasteiger partial charge on any atom is -0.310 e.